The molecular formula is C44H28N4S. The van der Waals surface area contributed by atoms with Crippen LogP contribution in [0.25, 0.3) is 88.0 Å². The highest BCUT2D eigenvalue weighted by Crippen LogP contribution is 2.40. The third kappa shape index (κ3) is 5.56. The Hall–Kier alpha value is -6.30. The van der Waals surface area contributed by atoms with Crippen molar-refractivity contribution in [2.75, 3.05) is 0 Å². The maximum absolute atomic E-state index is 5.29. The Morgan fingerprint density at radius 1 is 0.347 bits per heavy atom. The molecule has 5 heteroatoms. The molecule has 9 rings (SSSR count). The molecule has 0 amide bonds. The minimum absolute atomic E-state index is 0.643. The van der Waals surface area contributed by atoms with Crippen molar-refractivity contribution in [2.45, 2.75) is 0 Å². The summed E-state index contributed by atoms with van der Waals surface area (Å²) < 4.78 is 2.28. The number of nitrogens with zero attached hydrogens (tertiary/aromatic N) is 4. The Balaban J connectivity index is 1.31. The van der Waals surface area contributed by atoms with E-state index in [1.165, 1.54) is 4.70 Å². The van der Waals surface area contributed by atoms with Crippen LogP contribution in [-0.2, 0) is 0 Å². The van der Waals surface area contributed by atoms with Crippen LogP contribution in [-0.4, -0.2) is 19.9 Å². The summed E-state index contributed by atoms with van der Waals surface area (Å²) in [6, 6.07) is 58.4. The van der Waals surface area contributed by atoms with Crippen molar-refractivity contribution in [3.8, 4) is 67.7 Å². The van der Waals surface area contributed by atoms with Crippen LogP contribution in [0.4, 0.5) is 0 Å². The lowest BCUT2D eigenvalue weighted by Crippen LogP contribution is -1.98. The van der Waals surface area contributed by atoms with E-state index in [2.05, 4.69) is 121 Å². The van der Waals surface area contributed by atoms with Crippen LogP contribution in [0.3, 0.4) is 0 Å². The summed E-state index contributed by atoms with van der Waals surface area (Å²) in [6.07, 6.45) is 0. The van der Waals surface area contributed by atoms with Gasteiger partial charge in [0.1, 0.15) is 0 Å². The zero-order valence-corrected chi connectivity index (χ0v) is 27.2. The minimum Gasteiger partial charge on any atom is -0.228 e. The van der Waals surface area contributed by atoms with E-state index in [0.717, 1.165) is 71.6 Å². The molecule has 0 fully saturated rings. The summed E-state index contributed by atoms with van der Waals surface area (Å²) in [5, 5.41) is 1.13. The van der Waals surface area contributed by atoms with Crippen LogP contribution >= 0.6 is 11.3 Å². The first-order valence-electron chi connectivity index (χ1n) is 16.2. The van der Waals surface area contributed by atoms with E-state index in [1.807, 2.05) is 48.5 Å². The molecular weight excluding hydrogens is 617 g/mol. The first-order valence-corrected chi connectivity index (χ1v) is 17.0. The predicted octanol–water partition coefficient (Wildman–Crippen LogP) is 11.6. The number of aromatic nitrogens is 4. The second-order valence-corrected chi connectivity index (χ2v) is 12.9. The second kappa shape index (κ2) is 12.4. The average Bonchev–Trinajstić information content (AvgIpc) is 3.57. The molecule has 4 nitrogen and oxygen atoms in total. The van der Waals surface area contributed by atoms with E-state index in [9.17, 15) is 0 Å². The van der Waals surface area contributed by atoms with Crippen molar-refractivity contribution in [3.63, 3.8) is 0 Å². The lowest BCUT2D eigenvalue weighted by molar-refractivity contribution is 1.18. The predicted molar refractivity (Wildman–Crippen MR) is 203 cm³/mol. The van der Waals surface area contributed by atoms with Crippen LogP contribution < -0.4 is 0 Å². The zero-order valence-electron chi connectivity index (χ0n) is 26.4. The van der Waals surface area contributed by atoms with E-state index in [0.29, 0.717) is 11.6 Å². The first kappa shape index (κ1) is 28.9. The highest BCUT2D eigenvalue weighted by Gasteiger charge is 2.19. The van der Waals surface area contributed by atoms with Crippen LogP contribution in [0.15, 0.2) is 170 Å². The number of fused-ring (bicyclic) bond motifs is 3. The maximum atomic E-state index is 5.29. The zero-order chi connectivity index (χ0) is 32.6. The molecule has 0 aliphatic rings. The summed E-state index contributed by atoms with van der Waals surface area (Å²) in [5.41, 5.74) is 10.7. The third-order valence-electron chi connectivity index (χ3n) is 8.69. The van der Waals surface area contributed by atoms with Gasteiger partial charge < -0.3 is 0 Å². The molecule has 3 aromatic heterocycles. The van der Waals surface area contributed by atoms with E-state index in [1.54, 1.807) is 11.3 Å². The van der Waals surface area contributed by atoms with Gasteiger partial charge in [0.2, 0.25) is 0 Å². The fraction of sp³-hybridized carbons (Fsp3) is 0. The average molecular weight is 645 g/mol. The summed E-state index contributed by atoms with van der Waals surface area (Å²) >= 11 is 1.74. The Labute approximate surface area is 288 Å². The van der Waals surface area contributed by atoms with Crippen LogP contribution in [0.5, 0.6) is 0 Å². The molecule has 0 saturated carbocycles. The molecule has 0 aliphatic heterocycles. The van der Waals surface area contributed by atoms with Crippen molar-refractivity contribution < 1.29 is 0 Å². The number of benzene rings is 6. The largest absolute Gasteiger partial charge is 0.228 e. The molecule has 6 aromatic carbocycles. The van der Waals surface area contributed by atoms with Gasteiger partial charge in [0.15, 0.2) is 11.6 Å². The fourth-order valence-corrected chi connectivity index (χ4v) is 7.44. The van der Waals surface area contributed by atoms with Crippen molar-refractivity contribution in [1.29, 1.82) is 0 Å². The van der Waals surface area contributed by atoms with Gasteiger partial charge in [-0.05, 0) is 41.5 Å². The second-order valence-electron chi connectivity index (χ2n) is 11.9. The SMILES string of the molecule is c1ccc(-c2cc(-c3nc(-c4ccccc4)cc(-c4ccccc4)n3)cc(-c3nc(-c4ccccc4)c4sc5ccccc5c4n3)c2)cc1. The monoisotopic (exact) mass is 644 g/mol. The normalized spacial score (nSPS) is 11.3. The van der Waals surface area contributed by atoms with Gasteiger partial charge in [0, 0.05) is 37.9 Å². The Morgan fingerprint density at radius 2 is 0.816 bits per heavy atom. The molecule has 0 atom stereocenters. The molecule has 0 N–H and O–H groups in total. The molecule has 0 unspecified atom stereocenters. The lowest BCUT2D eigenvalue weighted by atomic mass is 9.98. The molecule has 0 spiro atoms. The van der Waals surface area contributed by atoms with Crippen LogP contribution in [0.2, 0.25) is 0 Å². The molecule has 9 aromatic rings. The van der Waals surface area contributed by atoms with Crippen LogP contribution in [0, 0.1) is 0 Å². The van der Waals surface area contributed by atoms with Gasteiger partial charge in [0.25, 0.3) is 0 Å². The summed E-state index contributed by atoms with van der Waals surface area (Å²) in [7, 11) is 0. The summed E-state index contributed by atoms with van der Waals surface area (Å²) in [5.74, 6) is 1.31. The Morgan fingerprint density at radius 3 is 1.41 bits per heavy atom. The molecule has 3 heterocycles. The van der Waals surface area contributed by atoms with Gasteiger partial charge in [-0.3, -0.25) is 0 Å². The minimum atomic E-state index is 0.643. The van der Waals surface area contributed by atoms with Crippen molar-refractivity contribution in [2.24, 2.45) is 0 Å². The Kier molecular flexibility index (Phi) is 7.30. The lowest BCUT2D eigenvalue weighted by Gasteiger charge is -2.13. The number of thiophene rings is 1. The van der Waals surface area contributed by atoms with Gasteiger partial charge >= 0.3 is 0 Å². The third-order valence-corrected chi connectivity index (χ3v) is 9.86. The van der Waals surface area contributed by atoms with E-state index >= 15 is 0 Å². The molecule has 49 heavy (non-hydrogen) atoms. The van der Waals surface area contributed by atoms with Gasteiger partial charge in [-0.1, -0.05) is 140 Å². The highest BCUT2D eigenvalue weighted by atomic mass is 32.1. The van der Waals surface area contributed by atoms with E-state index < -0.39 is 0 Å². The standard InChI is InChI=1S/C44H28N4S/c1-5-15-29(16-6-1)33-25-34(43-45-37(30-17-7-2-8-18-30)28-38(46-43)31-19-9-3-10-20-31)27-35(26-33)44-47-40(32-21-11-4-12-22-32)42-41(48-44)36-23-13-14-24-39(36)49-42/h1-28H. The van der Waals surface area contributed by atoms with Gasteiger partial charge in [-0.2, -0.15) is 0 Å². The summed E-state index contributed by atoms with van der Waals surface area (Å²) in [6.45, 7) is 0. The van der Waals surface area contributed by atoms with Gasteiger partial charge in [-0.15, -0.1) is 11.3 Å². The molecule has 0 aliphatic carbocycles. The smallest absolute Gasteiger partial charge is 0.160 e. The number of hydrogen-bond donors (Lipinski definition) is 0. The molecule has 0 saturated heterocycles. The van der Waals surface area contributed by atoms with E-state index in [-0.39, 0.29) is 0 Å². The van der Waals surface area contributed by atoms with E-state index in [4.69, 9.17) is 19.9 Å². The topological polar surface area (TPSA) is 51.6 Å². The quantitative estimate of drug-likeness (QED) is 0.181. The Bertz CT molecular complexity index is 2530. The first-order chi connectivity index (χ1) is 24.3. The fourth-order valence-electron chi connectivity index (χ4n) is 6.28. The van der Waals surface area contributed by atoms with Crippen molar-refractivity contribution in [1.82, 2.24) is 19.9 Å². The highest BCUT2D eigenvalue weighted by molar-refractivity contribution is 7.26. The van der Waals surface area contributed by atoms with Gasteiger partial charge in [-0.25, -0.2) is 19.9 Å². The maximum Gasteiger partial charge on any atom is 0.160 e. The van der Waals surface area contributed by atoms with Crippen molar-refractivity contribution in [3.05, 3.63) is 170 Å². The van der Waals surface area contributed by atoms with Crippen molar-refractivity contribution >= 4 is 31.6 Å². The number of rotatable bonds is 6. The number of hydrogen-bond acceptors (Lipinski definition) is 5. The van der Waals surface area contributed by atoms with Gasteiger partial charge in [0.05, 0.1) is 27.3 Å². The molecule has 0 radical (unpaired) electrons. The molecule has 230 valence electrons. The molecule has 0 bridgehead atoms. The summed E-state index contributed by atoms with van der Waals surface area (Å²) in [4.78, 5) is 20.9. The van der Waals surface area contributed by atoms with Crippen LogP contribution in [0.1, 0.15) is 0 Å².